The summed E-state index contributed by atoms with van der Waals surface area (Å²) >= 11 is 1.32. The van der Waals surface area contributed by atoms with Crippen LogP contribution in [0.15, 0.2) is 47.6 Å². The summed E-state index contributed by atoms with van der Waals surface area (Å²) in [6.45, 7) is 6.73. The molecule has 2 aromatic heterocycles. The number of benzene rings is 1. The Morgan fingerprint density at radius 1 is 1.03 bits per heavy atom. The Morgan fingerprint density at radius 2 is 1.68 bits per heavy atom. The molecular weight excluding hydrogens is 416 g/mol. The molecule has 0 N–H and O–H groups in total. The molecule has 0 bridgehead atoms. The quantitative estimate of drug-likeness (QED) is 0.349. The van der Waals surface area contributed by atoms with Crippen LogP contribution in [0.1, 0.15) is 25.2 Å². The van der Waals surface area contributed by atoms with Crippen molar-refractivity contribution in [3.8, 4) is 0 Å². The molecule has 0 aliphatic rings. The maximum Gasteiger partial charge on any atom is 0.321 e. The predicted molar refractivity (Wildman–Crippen MR) is 119 cm³/mol. The molecule has 0 atom stereocenters. The van der Waals surface area contributed by atoms with Crippen LogP contribution in [0.2, 0.25) is 0 Å². The van der Waals surface area contributed by atoms with E-state index in [1.165, 1.54) is 11.9 Å². The highest BCUT2D eigenvalue weighted by Gasteiger charge is 2.18. The fraction of sp³-hybridized carbons (Fsp3) is 0.364. The standard InChI is InChI=1S/C22H26N4O4S/c1-4-29-21(27)14-25(15-22(28)30-5-2)31-18-8-6-17(7-9-18)13-26-16(3)24-19-10-11-23-12-20(19)26/h6-12H,4-5,13-15H2,1-3H3. The first kappa shape index (κ1) is 22.8. The van der Waals surface area contributed by atoms with Gasteiger partial charge < -0.3 is 14.0 Å². The maximum absolute atomic E-state index is 11.9. The molecule has 3 rings (SSSR count). The third kappa shape index (κ3) is 6.28. The van der Waals surface area contributed by atoms with E-state index in [4.69, 9.17) is 9.47 Å². The number of fused-ring (bicyclic) bond motifs is 1. The van der Waals surface area contributed by atoms with Crippen LogP contribution >= 0.6 is 11.9 Å². The van der Waals surface area contributed by atoms with Crippen molar-refractivity contribution in [2.75, 3.05) is 26.3 Å². The summed E-state index contributed by atoms with van der Waals surface area (Å²) in [6.07, 6.45) is 3.56. The first-order valence-corrected chi connectivity index (χ1v) is 10.9. The highest BCUT2D eigenvalue weighted by molar-refractivity contribution is 7.97. The van der Waals surface area contributed by atoms with E-state index in [0.717, 1.165) is 27.3 Å². The highest BCUT2D eigenvalue weighted by atomic mass is 32.2. The van der Waals surface area contributed by atoms with Gasteiger partial charge >= 0.3 is 11.9 Å². The largest absolute Gasteiger partial charge is 0.465 e. The normalized spacial score (nSPS) is 11.1. The Kier molecular flexibility index (Phi) is 8.02. The van der Waals surface area contributed by atoms with Gasteiger partial charge in [-0.2, -0.15) is 0 Å². The lowest BCUT2D eigenvalue weighted by molar-refractivity contribution is -0.145. The first-order chi connectivity index (χ1) is 15.0. The van der Waals surface area contributed by atoms with Gasteiger partial charge in [0.2, 0.25) is 0 Å². The molecule has 0 aliphatic heterocycles. The number of hydrogen-bond acceptors (Lipinski definition) is 8. The summed E-state index contributed by atoms with van der Waals surface area (Å²) in [5.74, 6) is 0.162. The summed E-state index contributed by atoms with van der Waals surface area (Å²) < 4.78 is 13.8. The Morgan fingerprint density at radius 3 is 2.29 bits per heavy atom. The monoisotopic (exact) mass is 442 g/mol. The highest BCUT2D eigenvalue weighted by Crippen LogP contribution is 2.24. The van der Waals surface area contributed by atoms with Gasteiger partial charge in [-0.15, -0.1) is 0 Å². The molecule has 164 valence electrons. The predicted octanol–water partition coefficient (Wildman–Crippen LogP) is 3.22. The minimum Gasteiger partial charge on any atom is -0.465 e. The Bertz CT molecular complexity index is 1020. The van der Waals surface area contributed by atoms with Crippen LogP contribution in [0.3, 0.4) is 0 Å². The van der Waals surface area contributed by atoms with Crippen molar-refractivity contribution in [2.45, 2.75) is 32.2 Å². The number of aryl methyl sites for hydroxylation is 1. The number of imidazole rings is 1. The van der Waals surface area contributed by atoms with E-state index < -0.39 is 0 Å². The fourth-order valence-corrected chi connectivity index (χ4v) is 3.99. The molecule has 9 heteroatoms. The van der Waals surface area contributed by atoms with Crippen molar-refractivity contribution >= 4 is 34.9 Å². The number of nitrogens with zero attached hydrogens (tertiary/aromatic N) is 4. The molecule has 0 amide bonds. The lowest BCUT2D eigenvalue weighted by Crippen LogP contribution is -2.31. The van der Waals surface area contributed by atoms with Gasteiger partial charge in [0.15, 0.2) is 0 Å². The molecule has 8 nitrogen and oxygen atoms in total. The zero-order valence-electron chi connectivity index (χ0n) is 17.9. The zero-order valence-corrected chi connectivity index (χ0v) is 18.7. The molecule has 1 aromatic carbocycles. The van der Waals surface area contributed by atoms with Crippen LogP contribution in [0.5, 0.6) is 0 Å². The van der Waals surface area contributed by atoms with E-state index in [9.17, 15) is 9.59 Å². The van der Waals surface area contributed by atoms with E-state index in [0.29, 0.717) is 19.8 Å². The number of esters is 2. The minimum atomic E-state index is -0.382. The topological polar surface area (TPSA) is 86.5 Å². The number of hydrogen-bond donors (Lipinski definition) is 0. The second-order valence-corrected chi connectivity index (χ2v) is 7.92. The van der Waals surface area contributed by atoms with Crippen LogP contribution in [0.25, 0.3) is 11.0 Å². The first-order valence-electron chi connectivity index (χ1n) is 10.1. The van der Waals surface area contributed by atoms with Gasteiger partial charge in [0.1, 0.15) is 18.9 Å². The van der Waals surface area contributed by atoms with Crippen LogP contribution in [0, 0.1) is 6.92 Å². The molecule has 0 saturated carbocycles. The molecule has 0 spiro atoms. The van der Waals surface area contributed by atoms with Gasteiger partial charge in [-0.25, -0.2) is 9.29 Å². The molecule has 0 fully saturated rings. The Hall–Kier alpha value is -2.91. The molecular formula is C22H26N4O4S. The van der Waals surface area contributed by atoms with Gasteiger partial charge in [-0.05, 0) is 56.5 Å². The second-order valence-electron chi connectivity index (χ2n) is 6.75. The Balaban J connectivity index is 1.69. The van der Waals surface area contributed by atoms with Gasteiger partial charge in [-0.1, -0.05) is 12.1 Å². The van der Waals surface area contributed by atoms with Crippen molar-refractivity contribution in [2.24, 2.45) is 0 Å². The number of aromatic nitrogens is 3. The molecule has 0 unspecified atom stereocenters. The average Bonchev–Trinajstić information content (AvgIpc) is 3.05. The van der Waals surface area contributed by atoms with Crippen molar-refractivity contribution in [1.29, 1.82) is 0 Å². The van der Waals surface area contributed by atoms with Gasteiger partial charge in [0, 0.05) is 17.6 Å². The van der Waals surface area contributed by atoms with E-state index in [1.54, 1.807) is 24.3 Å². The van der Waals surface area contributed by atoms with Crippen molar-refractivity contribution in [3.05, 3.63) is 54.1 Å². The molecule has 0 aliphatic carbocycles. The summed E-state index contributed by atoms with van der Waals surface area (Å²) in [7, 11) is 0. The SMILES string of the molecule is CCOC(=O)CN(CC(=O)OCC)Sc1ccc(Cn2c(C)nc3ccncc32)cc1. The Labute approximate surface area is 185 Å². The lowest BCUT2D eigenvalue weighted by Gasteiger charge is -2.19. The van der Waals surface area contributed by atoms with Crippen molar-refractivity contribution < 1.29 is 19.1 Å². The molecule has 31 heavy (non-hydrogen) atoms. The van der Waals surface area contributed by atoms with Crippen molar-refractivity contribution in [3.63, 3.8) is 0 Å². The molecule has 2 heterocycles. The van der Waals surface area contributed by atoms with Crippen LogP contribution in [-0.2, 0) is 25.6 Å². The molecule has 3 aromatic rings. The van der Waals surface area contributed by atoms with E-state index in [-0.39, 0.29) is 25.0 Å². The van der Waals surface area contributed by atoms with Crippen LogP contribution in [0.4, 0.5) is 0 Å². The molecule has 0 radical (unpaired) electrons. The van der Waals surface area contributed by atoms with Crippen molar-refractivity contribution in [1.82, 2.24) is 18.8 Å². The molecule has 0 saturated heterocycles. The summed E-state index contributed by atoms with van der Waals surface area (Å²) in [6, 6.07) is 9.89. The number of rotatable bonds is 10. The van der Waals surface area contributed by atoms with E-state index in [1.807, 2.05) is 43.5 Å². The van der Waals surface area contributed by atoms with E-state index >= 15 is 0 Å². The third-order valence-corrected chi connectivity index (χ3v) is 5.46. The summed E-state index contributed by atoms with van der Waals surface area (Å²) in [5.41, 5.74) is 3.03. The smallest absolute Gasteiger partial charge is 0.321 e. The third-order valence-electron chi connectivity index (χ3n) is 4.46. The van der Waals surface area contributed by atoms with E-state index in [2.05, 4.69) is 14.5 Å². The average molecular weight is 443 g/mol. The number of carbonyl (C=O) groups is 2. The van der Waals surface area contributed by atoms with Gasteiger partial charge in [0.05, 0.1) is 30.4 Å². The van der Waals surface area contributed by atoms with Gasteiger partial charge in [0.25, 0.3) is 0 Å². The number of pyridine rings is 1. The summed E-state index contributed by atoms with van der Waals surface area (Å²) in [4.78, 5) is 33.5. The maximum atomic E-state index is 11.9. The lowest BCUT2D eigenvalue weighted by atomic mass is 10.2. The number of ether oxygens (including phenoxy) is 2. The zero-order chi connectivity index (χ0) is 22.2. The fourth-order valence-electron chi connectivity index (χ4n) is 3.10. The van der Waals surface area contributed by atoms with Crippen LogP contribution in [-0.4, -0.2) is 57.1 Å². The number of carbonyl (C=O) groups excluding carboxylic acids is 2. The summed E-state index contributed by atoms with van der Waals surface area (Å²) in [5, 5.41) is 0. The second kappa shape index (κ2) is 10.9. The minimum absolute atomic E-state index is 0.00765. The van der Waals surface area contributed by atoms with Gasteiger partial charge in [-0.3, -0.25) is 14.6 Å². The van der Waals surface area contributed by atoms with Crippen LogP contribution < -0.4 is 0 Å².